The zero-order valence-electron chi connectivity index (χ0n) is 16.7. The highest BCUT2D eigenvalue weighted by molar-refractivity contribution is 9.10. The first-order chi connectivity index (χ1) is 15.5. The average Bonchev–Trinajstić information content (AvgIpc) is 3.53. The molecule has 0 amide bonds. The third kappa shape index (κ3) is 4.01. The molecule has 4 aromatic rings. The molecule has 2 aliphatic rings. The molecule has 6 rings (SSSR count). The van der Waals surface area contributed by atoms with Gasteiger partial charge in [0.15, 0.2) is 24.0 Å². The average molecular weight is 564 g/mol. The van der Waals surface area contributed by atoms with E-state index >= 15 is 0 Å². The van der Waals surface area contributed by atoms with Gasteiger partial charge in [0.2, 0.25) is 9.47 Å². The first-order valence-electron chi connectivity index (χ1n) is 10.1. The second kappa shape index (κ2) is 8.82. The standard InChI is InChI=1S/2C11H9BrFN3/c2*12-11-14-10-8(13)6-9(16(10)15-11)7-4-2-1-3-5-7/h2*1-5,8-9H,6H2/t2*8-,9-/m10/s1. The van der Waals surface area contributed by atoms with Crippen molar-refractivity contribution in [2.24, 2.45) is 0 Å². The Labute approximate surface area is 200 Å². The van der Waals surface area contributed by atoms with Crippen molar-refractivity contribution in [1.82, 2.24) is 29.5 Å². The van der Waals surface area contributed by atoms with Crippen molar-refractivity contribution in [3.05, 3.63) is 92.9 Å². The molecule has 6 nitrogen and oxygen atoms in total. The van der Waals surface area contributed by atoms with Gasteiger partial charge in [-0.2, -0.15) is 0 Å². The topological polar surface area (TPSA) is 61.4 Å². The fourth-order valence-electron chi connectivity index (χ4n) is 4.21. The van der Waals surface area contributed by atoms with Gasteiger partial charge in [-0.1, -0.05) is 60.7 Å². The van der Waals surface area contributed by atoms with E-state index in [-0.39, 0.29) is 12.1 Å². The first-order valence-corrected chi connectivity index (χ1v) is 11.7. The summed E-state index contributed by atoms with van der Waals surface area (Å²) in [6, 6.07) is 19.6. The largest absolute Gasteiger partial charge is 0.239 e. The van der Waals surface area contributed by atoms with E-state index in [4.69, 9.17) is 0 Å². The van der Waals surface area contributed by atoms with E-state index in [0.717, 1.165) is 11.1 Å². The van der Waals surface area contributed by atoms with Crippen molar-refractivity contribution < 1.29 is 8.78 Å². The zero-order valence-corrected chi connectivity index (χ0v) is 19.9. The number of aromatic nitrogens is 6. The molecule has 0 saturated carbocycles. The first kappa shape index (κ1) is 21.4. The summed E-state index contributed by atoms with van der Waals surface area (Å²) < 4.78 is 31.7. The maximum absolute atomic E-state index is 13.7. The fraction of sp³-hybridized carbons (Fsp3) is 0.273. The van der Waals surface area contributed by atoms with Crippen LogP contribution in [0.5, 0.6) is 0 Å². The van der Waals surface area contributed by atoms with Gasteiger partial charge in [0, 0.05) is 12.8 Å². The Morgan fingerprint density at radius 1 is 0.656 bits per heavy atom. The van der Waals surface area contributed by atoms with Gasteiger partial charge in [0.05, 0.1) is 12.1 Å². The Morgan fingerprint density at radius 2 is 1.03 bits per heavy atom. The van der Waals surface area contributed by atoms with Gasteiger partial charge in [0.25, 0.3) is 0 Å². The third-order valence-electron chi connectivity index (χ3n) is 5.64. The second-order valence-corrected chi connectivity index (χ2v) is 9.05. The highest BCUT2D eigenvalue weighted by atomic mass is 79.9. The Hall–Kier alpha value is -2.46. The highest BCUT2D eigenvalue weighted by Crippen LogP contribution is 2.40. The summed E-state index contributed by atoms with van der Waals surface area (Å²) in [5.41, 5.74) is 2.14. The highest BCUT2D eigenvalue weighted by Gasteiger charge is 2.35. The zero-order chi connectivity index (χ0) is 22.2. The van der Waals surface area contributed by atoms with E-state index in [1.807, 2.05) is 60.7 Å². The molecule has 2 aromatic carbocycles. The third-order valence-corrected chi connectivity index (χ3v) is 6.32. The van der Waals surface area contributed by atoms with Crippen LogP contribution >= 0.6 is 31.9 Å². The van der Waals surface area contributed by atoms with E-state index in [1.165, 1.54) is 0 Å². The molecule has 0 bridgehead atoms. The molecule has 4 atom stereocenters. The lowest BCUT2D eigenvalue weighted by molar-refractivity contribution is 0.328. The SMILES string of the molecule is F[C@@H]1C[C@H](c2ccccc2)n2nc(Br)nc21.F[C@H]1C[C@@H](c2ccccc2)n2nc(Br)nc21. The smallest absolute Gasteiger partial charge is 0.217 e. The molecule has 2 aromatic heterocycles. The molecule has 0 radical (unpaired) electrons. The number of hydrogen-bond acceptors (Lipinski definition) is 4. The minimum absolute atomic E-state index is 0.0370. The fourth-order valence-corrected chi connectivity index (χ4v) is 4.91. The molecule has 2 aliphatic heterocycles. The van der Waals surface area contributed by atoms with Gasteiger partial charge in [-0.15, -0.1) is 10.2 Å². The summed E-state index contributed by atoms with van der Waals surface area (Å²) >= 11 is 6.35. The van der Waals surface area contributed by atoms with E-state index in [9.17, 15) is 8.78 Å². The second-order valence-electron chi connectivity index (χ2n) is 7.63. The number of halogens is 4. The maximum Gasteiger partial charge on any atom is 0.217 e. The van der Waals surface area contributed by atoms with Gasteiger partial charge in [-0.3, -0.25) is 0 Å². The minimum Gasteiger partial charge on any atom is -0.239 e. The minimum atomic E-state index is -1.02. The van der Waals surface area contributed by atoms with Gasteiger partial charge in [0.1, 0.15) is 0 Å². The molecule has 0 N–H and O–H groups in total. The molecule has 164 valence electrons. The predicted molar refractivity (Wildman–Crippen MR) is 122 cm³/mol. The molecular weight excluding hydrogens is 546 g/mol. The van der Waals surface area contributed by atoms with Crippen LogP contribution in [0.3, 0.4) is 0 Å². The van der Waals surface area contributed by atoms with E-state index in [1.54, 1.807) is 9.36 Å². The summed E-state index contributed by atoms with van der Waals surface area (Å²) in [4.78, 5) is 8.08. The molecule has 0 fully saturated rings. The summed E-state index contributed by atoms with van der Waals surface area (Å²) in [5, 5.41) is 8.36. The van der Waals surface area contributed by atoms with E-state index in [2.05, 4.69) is 52.0 Å². The van der Waals surface area contributed by atoms with Crippen molar-refractivity contribution in [1.29, 1.82) is 0 Å². The van der Waals surface area contributed by atoms with Crippen LogP contribution < -0.4 is 0 Å². The van der Waals surface area contributed by atoms with Crippen molar-refractivity contribution in [3.8, 4) is 0 Å². The molecule has 4 heterocycles. The van der Waals surface area contributed by atoms with Crippen molar-refractivity contribution in [2.45, 2.75) is 37.3 Å². The summed E-state index contributed by atoms with van der Waals surface area (Å²) in [7, 11) is 0. The molecule has 10 heteroatoms. The lowest BCUT2D eigenvalue weighted by Crippen LogP contribution is -2.07. The van der Waals surface area contributed by atoms with E-state index < -0.39 is 12.3 Å². The van der Waals surface area contributed by atoms with Gasteiger partial charge in [-0.05, 0) is 43.0 Å². The van der Waals surface area contributed by atoms with Crippen molar-refractivity contribution in [3.63, 3.8) is 0 Å². The van der Waals surface area contributed by atoms with Crippen LogP contribution in [-0.4, -0.2) is 29.5 Å². The Bertz CT molecular complexity index is 1120. The lowest BCUT2D eigenvalue weighted by atomic mass is 10.0. The predicted octanol–water partition coefficient (Wildman–Crippen LogP) is 6.09. The molecule has 32 heavy (non-hydrogen) atoms. The number of nitrogens with zero attached hydrogens (tertiary/aromatic N) is 6. The van der Waals surface area contributed by atoms with Gasteiger partial charge < -0.3 is 0 Å². The molecule has 0 unspecified atom stereocenters. The lowest BCUT2D eigenvalue weighted by Gasteiger charge is -2.10. The van der Waals surface area contributed by atoms with Crippen LogP contribution in [0.1, 0.15) is 60.0 Å². The van der Waals surface area contributed by atoms with Gasteiger partial charge >= 0.3 is 0 Å². The van der Waals surface area contributed by atoms with Crippen LogP contribution in [0.15, 0.2) is 70.1 Å². The Balaban J connectivity index is 0.000000135. The van der Waals surface area contributed by atoms with Crippen LogP contribution in [0, 0.1) is 0 Å². The van der Waals surface area contributed by atoms with Gasteiger partial charge in [-0.25, -0.2) is 28.1 Å². The van der Waals surface area contributed by atoms with Crippen molar-refractivity contribution >= 4 is 31.9 Å². The normalized spacial score (nSPS) is 23.4. The molecule has 0 spiro atoms. The number of rotatable bonds is 2. The number of fused-ring (bicyclic) bond motifs is 2. The monoisotopic (exact) mass is 562 g/mol. The van der Waals surface area contributed by atoms with E-state index in [0.29, 0.717) is 34.0 Å². The maximum atomic E-state index is 13.7. The van der Waals surface area contributed by atoms with Crippen LogP contribution in [0.4, 0.5) is 8.78 Å². The molecule has 0 aliphatic carbocycles. The Morgan fingerprint density at radius 3 is 1.41 bits per heavy atom. The Kier molecular flexibility index (Phi) is 5.90. The summed E-state index contributed by atoms with van der Waals surface area (Å²) in [6.07, 6.45) is -1.20. The van der Waals surface area contributed by atoms with Crippen molar-refractivity contribution in [2.75, 3.05) is 0 Å². The summed E-state index contributed by atoms with van der Waals surface area (Å²) in [6.45, 7) is 0. The molecule has 0 saturated heterocycles. The molecular formula is C22H18Br2F2N6. The van der Waals surface area contributed by atoms with Crippen LogP contribution in [0.25, 0.3) is 0 Å². The van der Waals surface area contributed by atoms with Crippen LogP contribution in [0.2, 0.25) is 0 Å². The summed E-state index contributed by atoms with van der Waals surface area (Å²) in [5.74, 6) is 0.835. The number of alkyl halides is 2. The number of benzene rings is 2. The number of hydrogen-bond donors (Lipinski definition) is 0. The van der Waals surface area contributed by atoms with Crippen LogP contribution in [-0.2, 0) is 0 Å². The quantitative estimate of drug-likeness (QED) is 0.296.